The van der Waals surface area contributed by atoms with Gasteiger partial charge in [0.15, 0.2) is 0 Å². The minimum absolute atomic E-state index is 0.774. The molecular weight excluding hydrogens is 180 g/mol. The van der Waals surface area contributed by atoms with Gasteiger partial charge in [-0.3, -0.25) is 4.90 Å². The summed E-state index contributed by atoms with van der Waals surface area (Å²) in [4.78, 5) is 2.69. The standard InChI is InChI=1S/C10H20N2S/c1-2-11-9-3-5-12(7-9)10-4-6-13-8-10/h9-11H,2-8H2,1H3. The van der Waals surface area contributed by atoms with E-state index in [1.807, 2.05) is 0 Å². The van der Waals surface area contributed by atoms with Gasteiger partial charge >= 0.3 is 0 Å². The Bertz CT molecular complexity index is 157. The molecule has 0 aromatic carbocycles. The predicted molar refractivity (Wildman–Crippen MR) is 59.4 cm³/mol. The maximum absolute atomic E-state index is 3.55. The van der Waals surface area contributed by atoms with Gasteiger partial charge in [-0.25, -0.2) is 0 Å². The Labute approximate surface area is 85.4 Å². The molecule has 0 aromatic rings. The van der Waals surface area contributed by atoms with Gasteiger partial charge in [-0.05, 0) is 25.1 Å². The molecule has 13 heavy (non-hydrogen) atoms. The Morgan fingerprint density at radius 1 is 1.46 bits per heavy atom. The van der Waals surface area contributed by atoms with E-state index >= 15 is 0 Å². The highest BCUT2D eigenvalue weighted by Gasteiger charge is 2.29. The smallest absolute Gasteiger partial charge is 0.0207 e. The fourth-order valence-corrected chi connectivity index (χ4v) is 3.64. The molecule has 76 valence electrons. The average molecular weight is 200 g/mol. The van der Waals surface area contributed by atoms with Gasteiger partial charge in [0, 0.05) is 30.9 Å². The highest BCUT2D eigenvalue weighted by Crippen LogP contribution is 2.25. The fraction of sp³-hybridized carbons (Fsp3) is 1.00. The van der Waals surface area contributed by atoms with Crippen LogP contribution >= 0.6 is 11.8 Å². The van der Waals surface area contributed by atoms with Crippen molar-refractivity contribution in [2.45, 2.75) is 31.8 Å². The van der Waals surface area contributed by atoms with E-state index in [9.17, 15) is 0 Å². The summed E-state index contributed by atoms with van der Waals surface area (Å²) in [6.45, 7) is 5.94. The van der Waals surface area contributed by atoms with E-state index in [-0.39, 0.29) is 0 Å². The van der Waals surface area contributed by atoms with Crippen LogP contribution in [-0.2, 0) is 0 Å². The van der Waals surface area contributed by atoms with Crippen LogP contribution in [-0.4, -0.2) is 48.1 Å². The largest absolute Gasteiger partial charge is 0.313 e. The lowest BCUT2D eigenvalue weighted by Gasteiger charge is -2.22. The van der Waals surface area contributed by atoms with Crippen molar-refractivity contribution in [1.29, 1.82) is 0 Å². The fourth-order valence-electron chi connectivity index (χ4n) is 2.38. The van der Waals surface area contributed by atoms with Gasteiger partial charge in [-0.1, -0.05) is 6.92 Å². The van der Waals surface area contributed by atoms with Gasteiger partial charge in [-0.2, -0.15) is 11.8 Å². The minimum atomic E-state index is 0.774. The molecule has 0 aliphatic carbocycles. The second kappa shape index (κ2) is 4.67. The number of likely N-dealkylation sites (N-methyl/N-ethyl adjacent to an activating group) is 1. The van der Waals surface area contributed by atoms with Crippen LogP contribution in [0.1, 0.15) is 19.8 Å². The Morgan fingerprint density at radius 2 is 2.38 bits per heavy atom. The van der Waals surface area contributed by atoms with E-state index in [2.05, 4.69) is 28.9 Å². The molecule has 2 nitrogen and oxygen atoms in total. The second-order valence-electron chi connectivity index (χ2n) is 4.06. The molecule has 0 spiro atoms. The highest BCUT2D eigenvalue weighted by molar-refractivity contribution is 7.99. The Kier molecular flexibility index (Phi) is 3.52. The zero-order chi connectivity index (χ0) is 9.10. The van der Waals surface area contributed by atoms with Crippen molar-refractivity contribution in [2.75, 3.05) is 31.1 Å². The van der Waals surface area contributed by atoms with E-state index in [1.54, 1.807) is 0 Å². The molecule has 0 amide bonds. The molecule has 1 N–H and O–H groups in total. The van der Waals surface area contributed by atoms with Gasteiger partial charge in [0.2, 0.25) is 0 Å². The predicted octanol–water partition coefficient (Wildman–Crippen LogP) is 1.18. The van der Waals surface area contributed by atoms with E-state index in [0.717, 1.165) is 18.6 Å². The first-order valence-electron chi connectivity index (χ1n) is 5.45. The van der Waals surface area contributed by atoms with Crippen molar-refractivity contribution in [3.8, 4) is 0 Å². The van der Waals surface area contributed by atoms with Crippen LogP contribution in [0.5, 0.6) is 0 Å². The summed E-state index contributed by atoms with van der Waals surface area (Å²) >= 11 is 2.12. The third-order valence-electron chi connectivity index (χ3n) is 3.13. The summed E-state index contributed by atoms with van der Waals surface area (Å²) in [5, 5.41) is 3.55. The van der Waals surface area contributed by atoms with Gasteiger partial charge in [0.1, 0.15) is 0 Å². The van der Waals surface area contributed by atoms with E-state index < -0.39 is 0 Å². The van der Waals surface area contributed by atoms with Crippen molar-refractivity contribution in [3.05, 3.63) is 0 Å². The Balaban J connectivity index is 1.76. The highest BCUT2D eigenvalue weighted by atomic mass is 32.2. The molecule has 2 aliphatic rings. The zero-order valence-electron chi connectivity index (χ0n) is 8.46. The molecule has 2 unspecified atom stereocenters. The number of hydrogen-bond donors (Lipinski definition) is 1. The maximum atomic E-state index is 3.55. The number of likely N-dealkylation sites (tertiary alicyclic amines) is 1. The minimum Gasteiger partial charge on any atom is -0.313 e. The molecule has 2 heterocycles. The zero-order valence-corrected chi connectivity index (χ0v) is 9.28. The molecule has 2 saturated heterocycles. The number of hydrogen-bond acceptors (Lipinski definition) is 3. The summed E-state index contributed by atoms with van der Waals surface area (Å²) in [5.74, 6) is 2.76. The van der Waals surface area contributed by atoms with Crippen LogP contribution in [0.2, 0.25) is 0 Å². The summed E-state index contributed by atoms with van der Waals surface area (Å²) < 4.78 is 0. The van der Waals surface area contributed by atoms with Crippen molar-refractivity contribution >= 4 is 11.8 Å². The van der Waals surface area contributed by atoms with Crippen LogP contribution < -0.4 is 5.32 Å². The average Bonchev–Trinajstić information content (AvgIpc) is 2.70. The normalized spacial score (nSPS) is 35.8. The molecule has 2 aliphatic heterocycles. The number of nitrogens with one attached hydrogen (secondary N) is 1. The topological polar surface area (TPSA) is 15.3 Å². The maximum Gasteiger partial charge on any atom is 0.0207 e. The summed E-state index contributed by atoms with van der Waals surface area (Å²) in [6.07, 6.45) is 2.78. The second-order valence-corrected chi connectivity index (χ2v) is 5.21. The van der Waals surface area contributed by atoms with Crippen LogP contribution in [0.25, 0.3) is 0 Å². The molecule has 0 radical (unpaired) electrons. The van der Waals surface area contributed by atoms with Crippen LogP contribution in [0.3, 0.4) is 0 Å². The van der Waals surface area contributed by atoms with Crippen LogP contribution in [0, 0.1) is 0 Å². The molecule has 2 atom stereocenters. The molecule has 2 rings (SSSR count). The monoisotopic (exact) mass is 200 g/mol. The first-order chi connectivity index (χ1) is 6.40. The first-order valence-corrected chi connectivity index (χ1v) is 6.61. The van der Waals surface area contributed by atoms with E-state index in [1.165, 1.54) is 37.4 Å². The molecule has 2 fully saturated rings. The lowest BCUT2D eigenvalue weighted by atomic mass is 10.2. The number of thioether (sulfide) groups is 1. The first kappa shape index (κ1) is 9.81. The van der Waals surface area contributed by atoms with Crippen molar-refractivity contribution in [2.24, 2.45) is 0 Å². The van der Waals surface area contributed by atoms with Gasteiger partial charge in [-0.15, -0.1) is 0 Å². The van der Waals surface area contributed by atoms with E-state index in [0.29, 0.717) is 0 Å². The van der Waals surface area contributed by atoms with Crippen LogP contribution in [0.15, 0.2) is 0 Å². The van der Waals surface area contributed by atoms with Crippen molar-refractivity contribution in [3.63, 3.8) is 0 Å². The third kappa shape index (κ3) is 2.39. The molecule has 3 heteroatoms. The third-order valence-corrected chi connectivity index (χ3v) is 4.28. The lowest BCUT2D eigenvalue weighted by molar-refractivity contribution is 0.257. The summed E-state index contributed by atoms with van der Waals surface area (Å²) in [5.41, 5.74) is 0. The number of nitrogens with zero attached hydrogens (tertiary/aromatic N) is 1. The van der Waals surface area contributed by atoms with Gasteiger partial charge in [0.25, 0.3) is 0 Å². The quantitative estimate of drug-likeness (QED) is 0.736. The summed E-state index contributed by atoms with van der Waals surface area (Å²) in [6, 6.07) is 1.67. The molecular formula is C10H20N2S. The van der Waals surface area contributed by atoms with Crippen molar-refractivity contribution < 1.29 is 0 Å². The summed E-state index contributed by atoms with van der Waals surface area (Å²) in [7, 11) is 0. The lowest BCUT2D eigenvalue weighted by Crippen LogP contribution is -2.37. The van der Waals surface area contributed by atoms with Crippen molar-refractivity contribution in [1.82, 2.24) is 10.2 Å². The number of rotatable bonds is 3. The van der Waals surface area contributed by atoms with Gasteiger partial charge in [0.05, 0.1) is 0 Å². The Morgan fingerprint density at radius 3 is 3.08 bits per heavy atom. The molecule has 0 saturated carbocycles. The SMILES string of the molecule is CCNC1CCN(C2CCSC2)C1. The van der Waals surface area contributed by atoms with Gasteiger partial charge < -0.3 is 5.32 Å². The molecule has 0 bridgehead atoms. The van der Waals surface area contributed by atoms with E-state index in [4.69, 9.17) is 0 Å². The molecule has 0 aromatic heterocycles. The Hall–Kier alpha value is 0.270. The van der Waals surface area contributed by atoms with Crippen LogP contribution in [0.4, 0.5) is 0 Å².